The molecule has 0 bridgehead atoms. The summed E-state index contributed by atoms with van der Waals surface area (Å²) in [5.41, 5.74) is 0. The smallest absolute Gasteiger partial charge is 0.0593 e. The molecule has 14 heavy (non-hydrogen) atoms. The first-order chi connectivity index (χ1) is 6.68. The first kappa shape index (κ1) is 12.0. The van der Waals surface area contributed by atoms with Gasteiger partial charge in [0.15, 0.2) is 0 Å². The third-order valence-corrected chi connectivity index (χ3v) is 2.42. The second-order valence-corrected chi connectivity index (χ2v) is 4.67. The van der Waals surface area contributed by atoms with Gasteiger partial charge in [-0.05, 0) is 32.9 Å². The van der Waals surface area contributed by atoms with Gasteiger partial charge in [0.25, 0.3) is 0 Å². The van der Waals surface area contributed by atoms with Crippen molar-refractivity contribution < 1.29 is 4.74 Å². The summed E-state index contributed by atoms with van der Waals surface area (Å²) in [6.07, 6.45) is 2.74. The zero-order chi connectivity index (χ0) is 10.4. The van der Waals surface area contributed by atoms with Gasteiger partial charge in [-0.15, -0.1) is 0 Å². The van der Waals surface area contributed by atoms with Crippen molar-refractivity contribution in [3.8, 4) is 0 Å². The van der Waals surface area contributed by atoms with Gasteiger partial charge in [0.2, 0.25) is 0 Å². The minimum Gasteiger partial charge on any atom is -0.380 e. The maximum atomic E-state index is 5.58. The second kappa shape index (κ2) is 6.38. The molecule has 1 unspecified atom stereocenters. The fourth-order valence-corrected chi connectivity index (χ4v) is 1.25. The maximum absolute atomic E-state index is 5.58. The van der Waals surface area contributed by atoms with Crippen LogP contribution in [-0.4, -0.2) is 51.3 Å². The number of hydrogen-bond acceptors (Lipinski definition) is 3. The molecule has 1 N–H and O–H groups in total. The Bertz CT molecular complexity index is 146. The van der Waals surface area contributed by atoms with E-state index in [-0.39, 0.29) is 0 Å². The van der Waals surface area contributed by atoms with Crippen molar-refractivity contribution in [3.63, 3.8) is 0 Å². The highest BCUT2D eigenvalue weighted by molar-refractivity contribution is 4.81. The maximum Gasteiger partial charge on any atom is 0.0593 e. The zero-order valence-electron chi connectivity index (χ0n) is 9.75. The Balaban J connectivity index is 1.83. The predicted molar refractivity (Wildman–Crippen MR) is 59.6 cm³/mol. The lowest BCUT2D eigenvalue weighted by molar-refractivity contribution is 0.0916. The van der Waals surface area contributed by atoms with Gasteiger partial charge in [0, 0.05) is 19.1 Å². The van der Waals surface area contributed by atoms with Crippen LogP contribution in [0.4, 0.5) is 0 Å². The van der Waals surface area contributed by atoms with E-state index in [2.05, 4.69) is 31.2 Å². The quantitative estimate of drug-likeness (QED) is 0.591. The van der Waals surface area contributed by atoms with E-state index in [4.69, 9.17) is 4.74 Å². The number of hydrogen-bond donors (Lipinski definition) is 1. The molecular formula is C11H24N2O. The fourth-order valence-electron chi connectivity index (χ4n) is 1.25. The molecule has 0 saturated heterocycles. The molecule has 84 valence electrons. The molecule has 1 aliphatic rings. The molecule has 0 amide bonds. The predicted octanol–water partition coefficient (Wildman–Crippen LogP) is 0.953. The van der Waals surface area contributed by atoms with Gasteiger partial charge in [-0.25, -0.2) is 0 Å². The molecule has 0 aromatic carbocycles. The van der Waals surface area contributed by atoms with Crippen molar-refractivity contribution in [2.24, 2.45) is 5.92 Å². The fraction of sp³-hybridized carbons (Fsp3) is 1.00. The standard InChI is InChI=1S/C11H24N2O/c1-10(8-12-11-4-5-11)9-14-7-6-13(2)3/h10-12H,4-9H2,1-3H3. The van der Waals surface area contributed by atoms with Gasteiger partial charge in [0.1, 0.15) is 0 Å². The van der Waals surface area contributed by atoms with Crippen molar-refractivity contribution in [3.05, 3.63) is 0 Å². The molecule has 3 nitrogen and oxygen atoms in total. The summed E-state index contributed by atoms with van der Waals surface area (Å²) in [5.74, 6) is 0.637. The van der Waals surface area contributed by atoms with Gasteiger partial charge >= 0.3 is 0 Å². The van der Waals surface area contributed by atoms with Crippen LogP contribution in [0, 0.1) is 5.92 Å². The molecule has 1 aliphatic carbocycles. The van der Waals surface area contributed by atoms with Crippen LogP contribution in [-0.2, 0) is 4.74 Å². The van der Waals surface area contributed by atoms with E-state index >= 15 is 0 Å². The van der Waals surface area contributed by atoms with Crippen LogP contribution in [0.15, 0.2) is 0 Å². The van der Waals surface area contributed by atoms with Gasteiger partial charge in [-0.2, -0.15) is 0 Å². The number of likely N-dealkylation sites (N-methyl/N-ethyl adjacent to an activating group) is 1. The van der Waals surface area contributed by atoms with E-state index in [0.29, 0.717) is 5.92 Å². The lowest BCUT2D eigenvalue weighted by atomic mass is 10.2. The normalized spacial score (nSPS) is 18.9. The summed E-state index contributed by atoms with van der Waals surface area (Å²) in [7, 11) is 4.14. The molecule has 1 saturated carbocycles. The first-order valence-corrected chi connectivity index (χ1v) is 5.64. The topological polar surface area (TPSA) is 24.5 Å². The Hall–Kier alpha value is -0.120. The Morgan fingerprint density at radius 2 is 2.14 bits per heavy atom. The Labute approximate surface area is 87.8 Å². The Morgan fingerprint density at radius 3 is 2.71 bits per heavy atom. The van der Waals surface area contributed by atoms with Gasteiger partial charge < -0.3 is 15.0 Å². The number of nitrogens with one attached hydrogen (secondary N) is 1. The average molecular weight is 200 g/mol. The molecule has 0 aromatic rings. The van der Waals surface area contributed by atoms with Crippen molar-refractivity contribution in [1.29, 1.82) is 0 Å². The monoisotopic (exact) mass is 200 g/mol. The van der Waals surface area contributed by atoms with Crippen LogP contribution < -0.4 is 5.32 Å². The molecule has 1 fully saturated rings. The minimum absolute atomic E-state index is 0.637. The summed E-state index contributed by atoms with van der Waals surface area (Å²) < 4.78 is 5.58. The molecule has 3 heteroatoms. The van der Waals surface area contributed by atoms with Gasteiger partial charge in [0.05, 0.1) is 13.2 Å². The van der Waals surface area contributed by atoms with Crippen LogP contribution in [0.1, 0.15) is 19.8 Å². The molecule has 0 radical (unpaired) electrons. The molecule has 0 spiro atoms. The lowest BCUT2D eigenvalue weighted by Gasteiger charge is -2.14. The molecule has 1 atom stereocenters. The number of ether oxygens (including phenoxy) is 1. The molecule has 0 heterocycles. The zero-order valence-corrected chi connectivity index (χ0v) is 9.75. The summed E-state index contributed by atoms with van der Waals surface area (Å²) in [5, 5.41) is 3.52. The Morgan fingerprint density at radius 1 is 1.43 bits per heavy atom. The summed E-state index contributed by atoms with van der Waals surface area (Å²) >= 11 is 0. The van der Waals surface area contributed by atoms with E-state index in [1.54, 1.807) is 0 Å². The average Bonchev–Trinajstić information content (AvgIpc) is 2.92. The lowest BCUT2D eigenvalue weighted by Crippen LogP contribution is -2.27. The number of nitrogens with zero attached hydrogens (tertiary/aromatic N) is 1. The van der Waals surface area contributed by atoms with Crippen molar-refractivity contribution in [2.45, 2.75) is 25.8 Å². The van der Waals surface area contributed by atoms with E-state index in [1.165, 1.54) is 12.8 Å². The highest BCUT2D eigenvalue weighted by Crippen LogP contribution is 2.18. The van der Waals surface area contributed by atoms with Crippen LogP contribution >= 0.6 is 0 Å². The van der Waals surface area contributed by atoms with Crippen molar-refractivity contribution >= 4 is 0 Å². The second-order valence-electron chi connectivity index (χ2n) is 4.67. The van der Waals surface area contributed by atoms with Gasteiger partial charge in [-0.1, -0.05) is 6.92 Å². The highest BCUT2D eigenvalue weighted by atomic mass is 16.5. The van der Waals surface area contributed by atoms with Crippen molar-refractivity contribution in [1.82, 2.24) is 10.2 Å². The highest BCUT2D eigenvalue weighted by Gasteiger charge is 2.20. The molecule has 1 rings (SSSR count). The first-order valence-electron chi connectivity index (χ1n) is 5.64. The van der Waals surface area contributed by atoms with Crippen molar-refractivity contribution in [2.75, 3.05) is 40.4 Å². The van der Waals surface area contributed by atoms with E-state index in [1.807, 2.05) is 0 Å². The molecule has 0 aromatic heterocycles. The third kappa shape index (κ3) is 6.35. The number of rotatable bonds is 8. The third-order valence-electron chi connectivity index (χ3n) is 2.42. The van der Waals surface area contributed by atoms with Crippen LogP contribution in [0.25, 0.3) is 0 Å². The van der Waals surface area contributed by atoms with Crippen LogP contribution in [0.2, 0.25) is 0 Å². The summed E-state index contributed by atoms with van der Waals surface area (Å²) in [4.78, 5) is 2.15. The largest absolute Gasteiger partial charge is 0.380 e. The van der Waals surface area contributed by atoms with Crippen LogP contribution in [0.3, 0.4) is 0 Å². The molecular weight excluding hydrogens is 176 g/mol. The summed E-state index contributed by atoms with van der Waals surface area (Å²) in [6, 6.07) is 0.819. The Kier molecular flexibility index (Phi) is 5.45. The van der Waals surface area contributed by atoms with Crippen LogP contribution in [0.5, 0.6) is 0 Å². The summed E-state index contributed by atoms with van der Waals surface area (Å²) in [6.45, 7) is 6.09. The SMILES string of the molecule is CC(CNC1CC1)COCCN(C)C. The van der Waals surface area contributed by atoms with E-state index in [0.717, 1.165) is 32.3 Å². The molecule has 0 aliphatic heterocycles. The van der Waals surface area contributed by atoms with Gasteiger partial charge in [-0.3, -0.25) is 0 Å². The van der Waals surface area contributed by atoms with E-state index in [9.17, 15) is 0 Å². The van der Waals surface area contributed by atoms with E-state index < -0.39 is 0 Å². The minimum atomic E-state index is 0.637.